The SMILES string of the molecule is Cc1ccc(NC(=O)C(=O)NC(CO)C(C)C)cc1. The highest BCUT2D eigenvalue weighted by molar-refractivity contribution is 6.39. The maximum absolute atomic E-state index is 11.7. The highest BCUT2D eigenvalue weighted by Gasteiger charge is 2.20. The summed E-state index contributed by atoms with van der Waals surface area (Å²) in [5.74, 6) is -1.42. The lowest BCUT2D eigenvalue weighted by Gasteiger charge is -2.19. The smallest absolute Gasteiger partial charge is 0.313 e. The minimum atomic E-state index is -0.742. The van der Waals surface area contributed by atoms with Gasteiger partial charge >= 0.3 is 11.8 Å². The fourth-order valence-electron chi connectivity index (χ4n) is 1.48. The third-order valence-electron chi connectivity index (χ3n) is 2.83. The first kappa shape index (κ1) is 15.2. The number of aliphatic hydroxyl groups is 1. The van der Waals surface area contributed by atoms with Crippen molar-refractivity contribution in [2.45, 2.75) is 26.8 Å². The second kappa shape index (κ2) is 6.89. The molecule has 1 unspecified atom stereocenters. The van der Waals surface area contributed by atoms with Crippen molar-refractivity contribution < 1.29 is 14.7 Å². The van der Waals surface area contributed by atoms with Crippen LogP contribution in [0.3, 0.4) is 0 Å². The number of amides is 2. The van der Waals surface area contributed by atoms with E-state index in [1.165, 1.54) is 0 Å². The Morgan fingerprint density at radius 2 is 1.74 bits per heavy atom. The standard InChI is InChI=1S/C14H20N2O3/c1-9(2)12(8-17)16-14(19)13(18)15-11-6-4-10(3)5-7-11/h4-7,9,12,17H,8H2,1-3H3,(H,15,18)(H,16,19). The highest BCUT2D eigenvalue weighted by atomic mass is 16.3. The molecule has 1 atom stereocenters. The highest BCUT2D eigenvalue weighted by Crippen LogP contribution is 2.08. The number of carbonyl (C=O) groups is 2. The van der Waals surface area contributed by atoms with E-state index in [1.807, 2.05) is 32.9 Å². The normalized spacial score (nSPS) is 12.1. The van der Waals surface area contributed by atoms with Gasteiger partial charge in [0.15, 0.2) is 0 Å². The Bertz CT molecular complexity index is 441. The molecule has 0 spiro atoms. The van der Waals surface area contributed by atoms with Crippen LogP contribution in [0.5, 0.6) is 0 Å². The fraction of sp³-hybridized carbons (Fsp3) is 0.429. The van der Waals surface area contributed by atoms with Gasteiger partial charge in [0.1, 0.15) is 0 Å². The van der Waals surface area contributed by atoms with Crippen molar-refractivity contribution >= 4 is 17.5 Å². The molecule has 0 aromatic heterocycles. The average molecular weight is 264 g/mol. The summed E-state index contributed by atoms with van der Waals surface area (Å²) >= 11 is 0. The Balaban J connectivity index is 2.58. The van der Waals surface area contributed by atoms with E-state index < -0.39 is 17.9 Å². The van der Waals surface area contributed by atoms with Crippen molar-refractivity contribution in [3.05, 3.63) is 29.8 Å². The van der Waals surface area contributed by atoms with Gasteiger partial charge in [-0.3, -0.25) is 9.59 Å². The lowest BCUT2D eigenvalue weighted by Crippen LogP contribution is -2.46. The number of hydrogen-bond donors (Lipinski definition) is 3. The van der Waals surface area contributed by atoms with Gasteiger partial charge in [0.25, 0.3) is 0 Å². The predicted octanol–water partition coefficient (Wildman–Crippen LogP) is 1.07. The van der Waals surface area contributed by atoms with E-state index in [2.05, 4.69) is 10.6 Å². The molecule has 0 heterocycles. The first-order valence-electron chi connectivity index (χ1n) is 6.23. The molecule has 0 bridgehead atoms. The lowest BCUT2D eigenvalue weighted by atomic mass is 10.1. The summed E-state index contributed by atoms with van der Waals surface area (Å²) in [5.41, 5.74) is 1.64. The van der Waals surface area contributed by atoms with Gasteiger partial charge in [-0.1, -0.05) is 31.5 Å². The molecule has 19 heavy (non-hydrogen) atoms. The van der Waals surface area contributed by atoms with Crippen LogP contribution in [-0.4, -0.2) is 29.6 Å². The molecule has 104 valence electrons. The second-order valence-corrected chi connectivity index (χ2v) is 4.83. The average Bonchev–Trinajstić information content (AvgIpc) is 2.37. The molecular weight excluding hydrogens is 244 g/mol. The third kappa shape index (κ3) is 4.71. The number of carbonyl (C=O) groups excluding carboxylic acids is 2. The molecule has 0 saturated carbocycles. The van der Waals surface area contributed by atoms with E-state index in [9.17, 15) is 9.59 Å². The van der Waals surface area contributed by atoms with Gasteiger partial charge in [-0.05, 0) is 25.0 Å². The molecule has 5 nitrogen and oxygen atoms in total. The Labute approximate surface area is 113 Å². The number of anilines is 1. The van der Waals surface area contributed by atoms with Crippen LogP contribution in [0, 0.1) is 12.8 Å². The third-order valence-corrected chi connectivity index (χ3v) is 2.83. The summed E-state index contributed by atoms with van der Waals surface area (Å²) in [6.45, 7) is 5.46. The van der Waals surface area contributed by atoms with E-state index in [4.69, 9.17) is 5.11 Å². The van der Waals surface area contributed by atoms with Gasteiger partial charge < -0.3 is 15.7 Å². The Kier molecular flexibility index (Phi) is 5.51. The van der Waals surface area contributed by atoms with Crippen LogP contribution >= 0.6 is 0 Å². The molecule has 0 aliphatic rings. The molecule has 0 aliphatic carbocycles. The monoisotopic (exact) mass is 264 g/mol. The van der Waals surface area contributed by atoms with Crippen LogP contribution in [0.4, 0.5) is 5.69 Å². The topological polar surface area (TPSA) is 78.4 Å². The van der Waals surface area contributed by atoms with Crippen molar-refractivity contribution in [2.75, 3.05) is 11.9 Å². The summed E-state index contributed by atoms with van der Waals surface area (Å²) < 4.78 is 0. The Hall–Kier alpha value is -1.88. The maximum atomic E-state index is 11.7. The van der Waals surface area contributed by atoms with Gasteiger partial charge in [-0.2, -0.15) is 0 Å². The van der Waals surface area contributed by atoms with Crippen molar-refractivity contribution in [2.24, 2.45) is 5.92 Å². The summed E-state index contributed by atoms with van der Waals surface area (Å²) in [6, 6.07) is 6.73. The number of nitrogens with one attached hydrogen (secondary N) is 2. The van der Waals surface area contributed by atoms with Gasteiger partial charge in [0.05, 0.1) is 12.6 Å². The quantitative estimate of drug-likeness (QED) is 0.712. The molecular formula is C14H20N2O3. The number of aryl methyl sites for hydroxylation is 1. The Morgan fingerprint density at radius 1 is 1.16 bits per heavy atom. The molecule has 1 aromatic carbocycles. The minimum Gasteiger partial charge on any atom is -0.394 e. The zero-order chi connectivity index (χ0) is 14.4. The van der Waals surface area contributed by atoms with Crippen LogP contribution in [0.15, 0.2) is 24.3 Å². The summed E-state index contributed by atoms with van der Waals surface area (Å²) in [7, 11) is 0. The van der Waals surface area contributed by atoms with Gasteiger partial charge in [0.2, 0.25) is 0 Å². The fourth-order valence-corrected chi connectivity index (χ4v) is 1.48. The van der Waals surface area contributed by atoms with E-state index in [-0.39, 0.29) is 12.5 Å². The van der Waals surface area contributed by atoms with E-state index in [0.29, 0.717) is 5.69 Å². The van der Waals surface area contributed by atoms with Crippen LogP contribution in [0.1, 0.15) is 19.4 Å². The maximum Gasteiger partial charge on any atom is 0.313 e. The largest absolute Gasteiger partial charge is 0.394 e. The predicted molar refractivity (Wildman–Crippen MR) is 73.7 cm³/mol. The van der Waals surface area contributed by atoms with Crippen molar-refractivity contribution in [3.8, 4) is 0 Å². The number of benzene rings is 1. The zero-order valence-electron chi connectivity index (χ0n) is 11.4. The number of rotatable bonds is 4. The first-order chi connectivity index (χ1) is 8.93. The molecule has 0 radical (unpaired) electrons. The molecule has 0 fully saturated rings. The summed E-state index contributed by atoms with van der Waals surface area (Å²) in [6.07, 6.45) is 0. The van der Waals surface area contributed by atoms with Crippen LogP contribution < -0.4 is 10.6 Å². The summed E-state index contributed by atoms with van der Waals surface area (Å²) in [4.78, 5) is 23.3. The van der Waals surface area contributed by atoms with Gasteiger partial charge in [-0.25, -0.2) is 0 Å². The molecule has 2 amide bonds. The zero-order valence-corrected chi connectivity index (χ0v) is 11.4. The second-order valence-electron chi connectivity index (χ2n) is 4.83. The van der Waals surface area contributed by atoms with Crippen LogP contribution in [0.25, 0.3) is 0 Å². The Morgan fingerprint density at radius 3 is 2.21 bits per heavy atom. The molecule has 0 saturated heterocycles. The van der Waals surface area contributed by atoms with E-state index in [0.717, 1.165) is 5.56 Å². The van der Waals surface area contributed by atoms with Crippen molar-refractivity contribution in [1.82, 2.24) is 5.32 Å². The molecule has 3 N–H and O–H groups in total. The molecule has 1 aromatic rings. The van der Waals surface area contributed by atoms with Crippen LogP contribution in [0.2, 0.25) is 0 Å². The minimum absolute atomic E-state index is 0.0566. The van der Waals surface area contributed by atoms with E-state index in [1.54, 1.807) is 12.1 Å². The van der Waals surface area contributed by atoms with Crippen LogP contribution in [-0.2, 0) is 9.59 Å². The van der Waals surface area contributed by atoms with E-state index >= 15 is 0 Å². The number of aliphatic hydroxyl groups excluding tert-OH is 1. The van der Waals surface area contributed by atoms with Gasteiger partial charge in [0, 0.05) is 5.69 Å². The van der Waals surface area contributed by atoms with Gasteiger partial charge in [-0.15, -0.1) is 0 Å². The molecule has 0 aliphatic heterocycles. The molecule has 5 heteroatoms. The number of hydrogen-bond acceptors (Lipinski definition) is 3. The van der Waals surface area contributed by atoms with Crippen molar-refractivity contribution in [3.63, 3.8) is 0 Å². The van der Waals surface area contributed by atoms with Crippen molar-refractivity contribution in [1.29, 1.82) is 0 Å². The summed E-state index contributed by atoms with van der Waals surface area (Å²) in [5, 5.41) is 14.1. The lowest BCUT2D eigenvalue weighted by molar-refractivity contribution is -0.137. The first-order valence-corrected chi connectivity index (χ1v) is 6.23. The molecule has 1 rings (SSSR count).